The molecule has 1 unspecified atom stereocenters. The summed E-state index contributed by atoms with van der Waals surface area (Å²) < 4.78 is 0. The molecule has 1 rings (SSSR count). The normalized spacial score (nSPS) is 28.8. The zero-order valence-electron chi connectivity index (χ0n) is 6.15. The summed E-state index contributed by atoms with van der Waals surface area (Å²) in [5, 5.41) is 9.14. The van der Waals surface area contributed by atoms with Gasteiger partial charge in [-0.05, 0) is 18.8 Å². The minimum atomic E-state index is 0. The summed E-state index contributed by atoms with van der Waals surface area (Å²) in [5.41, 5.74) is 1.72. The first-order chi connectivity index (χ1) is 4.24. The third kappa shape index (κ3) is 2.48. The van der Waals surface area contributed by atoms with Crippen molar-refractivity contribution < 1.29 is 46.9 Å². The molecule has 1 fully saturated rings. The molecule has 10 heavy (non-hydrogen) atoms. The minimum absolute atomic E-state index is 0. The Kier molecular flexibility index (Phi) is 5.08. The molecule has 0 spiro atoms. The number of hydrogen-bond donors (Lipinski definition) is 0. The van der Waals surface area contributed by atoms with Crippen LogP contribution in [0.5, 0.6) is 0 Å². The van der Waals surface area contributed by atoms with Crippen LogP contribution in [-0.4, -0.2) is 18.5 Å². The van der Waals surface area contributed by atoms with Gasteiger partial charge >= 0.3 is 0 Å². The van der Waals surface area contributed by atoms with Crippen molar-refractivity contribution in [2.75, 3.05) is 7.05 Å². The molecular weight excluding hydrogens is 285 g/mol. The fourth-order valence-electron chi connectivity index (χ4n) is 1.10. The molecule has 0 heterocycles. The first-order valence-corrected chi connectivity index (χ1v) is 3.23. The maximum absolute atomic E-state index is 9.14. The van der Waals surface area contributed by atoms with E-state index in [4.69, 9.17) is 5.41 Å². The van der Waals surface area contributed by atoms with E-state index in [1.54, 1.807) is 7.05 Å². The van der Waals surface area contributed by atoms with Gasteiger partial charge in [-0.25, -0.2) is 0 Å². The van der Waals surface area contributed by atoms with Gasteiger partial charge in [0.2, 0.25) is 0 Å². The zero-order chi connectivity index (χ0) is 6.85. The smallest absolute Gasteiger partial charge is 0.0276 e. The molecular formula is C7H11N2Yb-. The van der Waals surface area contributed by atoms with Crippen LogP contribution >= 0.6 is 0 Å². The average molecular weight is 296 g/mol. The van der Waals surface area contributed by atoms with Crippen molar-refractivity contribution in [1.82, 2.24) is 0 Å². The minimum Gasteiger partial charge on any atom is -0.811 e. The van der Waals surface area contributed by atoms with Gasteiger partial charge in [0, 0.05) is 59.7 Å². The van der Waals surface area contributed by atoms with Gasteiger partial charge in [0.05, 0.1) is 0 Å². The van der Waals surface area contributed by atoms with Crippen LogP contribution in [0.3, 0.4) is 0 Å². The van der Waals surface area contributed by atoms with Crippen LogP contribution < -0.4 is 0 Å². The first kappa shape index (κ1) is 10.9. The molecule has 0 N–H and O–H groups in total. The van der Waals surface area contributed by atoms with E-state index >= 15 is 0 Å². The maximum Gasteiger partial charge on any atom is 0.0276 e. The van der Waals surface area contributed by atoms with Crippen LogP contribution in [0.4, 0.5) is 0 Å². The molecule has 0 aliphatic heterocycles. The van der Waals surface area contributed by atoms with Crippen molar-refractivity contribution in [2.24, 2.45) is 10.9 Å². The van der Waals surface area contributed by atoms with Gasteiger partial charge in [0.15, 0.2) is 0 Å². The fraction of sp³-hybridized carbons (Fsp3) is 0.714. The number of aliphatic imine (C=N–C) groups is 1. The summed E-state index contributed by atoms with van der Waals surface area (Å²) in [6, 6.07) is 0. The summed E-state index contributed by atoms with van der Waals surface area (Å²) in [4.78, 5) is 4.02. The van der Waals surface area contributed by atoms with E-state index in [2.05, 4.69) is 4.99 Å². The van der Waals surface area contributed by atoms with Crippen molar-refractivity contribution in [1.29, 1.82) is 0 Å². The summed E-state index contributed by atoms with van der Waals surface area (Å²) in [6.45, 7) is 2.02. The molecule has 2 nitrogen and oxygen atoms in total. The van der Waals surface area contributed by atoms with Crippen LogP contribution in [0.2, 0.25) is 0 Å². The molecule has 0 aromatic carbocycles. The second-order valence-electron chi connectivity index (χ2n) is 2.56. The Morgan fingerprint density at radius 2 is 2.20 bits per heavy atom. The Balaban J connectivity index is 0.000000810. The van der Waals surface area contributed by atoms with Crippen LogP contribution in [0, 0.1) is 52.8 Å². The zero-order valence-corrected chi connectivity index (χ0v) is 7.87. The van der Waals surface area contributed by atoms with Crippen molar-refractivity contribution >= 4 is 11.4 Å². The van der Waals surface area contributed by atoms with Gasteiger partial charge in [-0.2, -0.15) is 5.71 Å². The van der Waals surface area contributed by atoms with E-state index in [1.807, 2.05) is 6.92 Å². The summed E-state index contributed by atoms with van der Waals surface area (Å²) >= 11 is 0. The van der Waals surface area contributed by atoms with E-state index in [1.165, 1.54) is 0 Å². The Hall–Kier alpha value is 0.859. The molecule has 0 radical (unpaired) electrons. The van der Waals surface area contributed by atoms with E-state index in [0.29, 0.717) is 18.1 Å². The van der Waals surface area contributed by atoms with Gasteiger partial charge in [0.25, 0.3) is 0 Å². The van der Waals surface area contributed by atoms with E-state index in [9.17, 15) is 0 Å². The monoisotopic (exact) mass is 297 g/mol. The number of hydrogen-bond acceptors (Lipinski definition) is 1. The molecule has 0 aromatic heterocycles. The predicted octanol–water partition coefficient (Wildman–Crippen LogP) is 1.50. The van der Waals surface area contributed by atoms with Crippen molar-refractivity contribution in [3.63, 3.8) is 0 Å². The summed E-state index contributed by atoms with van der Waals surface area (Å²) in [7, 11) is 1.78. The third-order valence-electron chi connectivity index (χ3n) is 1.81. The largest absolute Gasteiger partial charge is 0.811 e. The molecule has 3 heteroatoms. The Bertz CT molecular complexity index is 163. The molecule has 0 amide bonds. The van der Waals surface area contributed by atoms with Crippen molar-refractivity contribution in [2.45, 2.75) is 19.8 Å². The molecule has 1 aliphatic rings. The van der Waals surface area contributed by atoms with Gasteiger partial charge in [0.1, 0.15) is 0 Å². The summed E-state index contributed by atoms with van der Waals surface area (Å²) in [6.07, 6.45) is 1.65. The SMILES string of the molecule is CN=C1CC(=[N-])C(C)C1.[Yb]. The van der Waals surface area contributed by atoms with Crippen molar-refractivity contribution in [3.05, 3.63) is 5.41 Å². The van der Waals surface area contributed by atoms with Crippen LogP contribution in [0.25, 0.3) is 5.41 Å². The third-order valence-corrected chi connectivity index (χ3v) is 1.81. The van der Waals surface area contributed by atoms with E-state index in [0.717, 1.165) is 12.1 Å². The van der Waals surface area contributed by atoms with Gasteiger partial charge in [-0.3, -0.25) is 4.99 Å². The number of nitrogens with zero attached hydrogens (tertiary/aromatic N) is 2. The maximum atomic E-state index is 9.14. The fourth-order valence-corrected chi connectivity index (χ4v) is 1.10. The molecule has 64 valence electrons. The van der Waals surface area contributed by atoms with Crippen molar-refractivity contribution in [3.8, 4) is 0 Å². The number of rotatable bonds is 0. The van der Waals surface area contributed by atoms with E-state index < -0.39 is 0 Å². The van der Waals surface area contributed by atoms with Crippen LogP contribution in [0.1, 0.15) is 19.8 Å². The van der Waals surface area contributed by atoms with Gasteiger partial charge in [-0.15, -0.1) is 0 Å². The standard InChI is InChI=1S/C7H11N2.Yb/c1-5-3-6(9-2)4-7(5)8;/h5H,3-4H2,1-2H3;/q-1;. The second-order valence-corrected chi connectivity index (χ2v) is 2.56. The topological polar surface area (TPSA) is 34.7 Å². The second kappa shape index (κ2) is 4.68. The Morgan fingerprint density at radius 1 is 1.60 bits per heavy atom. The predicted molar refractivity (Wildman–Crippen MR) is 40.1 cm³/mol. The molecule has 1 aliphatic carbocycles. The molecule has 1 atom stereocenters. The first-order valence-electron chi connectivity index (χ1n) is 3.23. The molecule has 0 aromatic rings. The Labute approximate surface area is 100 Å². The molecule has 0 saturated heterocycles. The average Bonchev–Trinajstić information content (AvgIpc) is 2.13. The van der Waals surface area contributed by atoms with Crippen LogP contribution in [-0.2, 0) is 0 Å². The molecule has 1 saturated carbocycles. The van der Waals surface area contributed by atoms with Gasteiger partial charge in [-0.1, -0.05) is 6.92 Å². The Morgan fingerprint density at radius 3 is 2.40 bits per heavy atom. The quantitative estimate of drug-likeness (QED) is 0.649. The van der Waals surface area contributed by atoms with Crippen LogP contribution in [0.15, 0.2) is 4.99 Å². The summed E-state index contributed by atoms with van der Waals surface area (Å²) in [5.74, 6) is 0.337. The van der Waals surface area contributed by atoms with E-state index in [-0.39, 0.29) is 46.9 Å². The molecule has 0 bridgehead atoms. The van der Waals surface area contributed by atoms with Gasteiger partial charge < -0.3 is 5.41 Å².